The molecule has 0 unspecified atom stereocenters. The van der Waals surface area contributed by atoms with Crippen LogP contribution < -0.4 is 0 Å². The van der Waals surface area contributed by atoms with E-state index >= 15 is 0 Å². The zero-order valence-electron chi connectivity index (χ0n) is 9.92. The van der Waals surface area contributed by atoms with Crippen molar-refractivity contribution in [1.82, 2.24) is 14.5 Å². The molecule has 0 radical (unpaired) electrons. The Morgan fingerprint density at radius 1 is 1.21 bits per heavy atom. The molecule has 0 atom stereocenters. The van der Waals surface area contributed by atoms with Crippen molar-refractivity contribution in [2.75, 3.05) is 0 Å². The van der Waals surface area contributed by atoms with Gasteiger partial charge in [-0.2, -0.15) is 5.26 Å². The Bertz CT molecular complexity index is 768. The van der Waals surface area contributed by atoms with Gasteiger partial charge in [-0.15, -0.1) is 11.6 Å². The van der Waals surface area contributed by atoms with E-state index < -0.39 is 0 Å². The maximum atomic E-state index is 8.83. The lowest BCUT2D eigenvalue weighted by Crippen LogP contribution is -2.00. The zero-order chi connectivity index (χ0) is 13.2. The molecule has 4 nitrogen and oxygen atoms in total. The van der Waals surface area contributed by atoms with Crippen molar-refractivity contribution in [3.8, 4) is 11.8 Å². The third kappa shape index (κ3) is 1.94. The summed E-state index contributed by atoms with van der Waals surface area (Å²) >= 11 is 5.95. The van der Waals surface area contributed by atoms with Crippen LogP contribution in [-0.4, -0.2) is 14.5 Å². The minimum Gasteiger partial charge on any atom is -0.280 e. The van der Waals surface area contributed by atoms with E-state index in [9.17, 15) is 0 Å². The Morgan fingerprint density at radius 2 is 2.00 bits per heavy atom. The molecule has 1 aromatic carbocycles. The van der Waals surface area contributed by atoms with Gasteiger partial charge in [0.15, 0.2) is 5.65 Å². The molecule has 2 heterocycles. The molecule has 0 amide bonds. The number of aromatic nitrogens is 3. The molecule has 0 saturated carbocycles. The Hall–Kier alpha value is -2.38. The Balaban J connectivity index is 2.25. The smallest absolute Gasteiger partial charge is 0.164 e. The number of halogens is 1. The molecule has 19 heavy (non-hydrogen) atoms. The van der Waals surface area contributed by atoms with E-state index in [4.69, 9.17) is 16.9 Å². The van der Waals surface area contributed by atoms with Gasteiger partial charge in [-0.3, -0.25) is 4.57 Å². The second-order valence-electron chi connectivity index (χ2n) is 4.00. The SMILES string of the molecule is N#Cc1ccc(-n2c(CCl)nc3cccnc32)cc1. The highest BCUT2D eigenvalue weighted by atomic mass is 35.5. The lowest BCUT2D eigenvalue weighted by Gasteiger charge is -2.06. The van der Waals surface area contributed by atoms with E-state index in [1.807, 2.05) is 28.8 Å². The summed E-state index contributed by atoms with van der Waals surface area (Å²) in [6.07, 6.45) is 1.72. The van der Waals surface area contributed by atoms with Crippen LogP contribution >= 0.6 is 11.6 Å². The predicted octanol–water partition coefficient (Wildman–Crippen LogP) is 3.03. The molecule has 92 valence electrons. The van der Waals surface area contributed by atoms with Gasteiger partial charge in [0.25, 0.3) is 0 Å². The molecule has 0 saturated heterocycles. The summed E-state index contributed by atoms with van der Waals surface area (Å²) in [7, 11) is 0. The van der Waals surface area contributed by atoms with Crippen LogP contribution in [0.25, 0.3) is 16.9 Å². The van der Waals surface area contributed by atoms with Crippen LogP contribution in [0.3, 0.4) is 0 Å². The fraction of sp³-hybridized carbons (Fsp3) is 0.0714. The number of imidazole rings is 1. The van der Waals surface area contributed by atoms with E-state index in [2.05, 4.69) is 16.0 Å². The molecule has 2 aromatic heterocycles. The summed E-state index contributed by atoms with van der Waals surface area (Å²) in [4.78, 5) is 8.80. The third-order valence-electron chi connectivity index (χ3n) is 2.86. The number of nitriles is 1. The van der Waals surface area contributed by atoms with Crippen molar-refractivity contribution in [2.45, 2.75) is 5.88 Å². The number of nitrogens with zero attached hydrogens (tertiary/aromatic N) is 4. The molecule has 5 heteroatoms. The van der Waals surface area contributed by atoms with Gasteiger partial charge in [0, 0.05) is 11.9 Å². The van der Waals surface area contributed by atoms with E-state index in [0.29, 0.717) is 11.4 Å². The lowest BCUT2D eigenvalue weighted by atomic mass is 10.2. The number of pyridine rings is 1. The monoisotopic (exact) mass is 268 g/mol. The summed E-state index contributed by atoms with van der Waals surface area (Å²) in [6.45, 7) is 0. The van der Waals surface area contributed by atoms with Crippen LogP contribution in [0.5, 0.6) is 0 Å². The van der Waals surface area contributed by atoms with E-state index in [-0.39, 0.29) is 0 Å². The summed E-state index contributed by atoms with van der Waals surface area (Å²) in [5, 5.41) is 8.83. The van der Waals surface area contributed by atoms with E-state index in [1.54, 1.807) is 18.3 Å². The highest BCUT2D eigenvalue weighted by molar-refractivity contribution is 6.16. The van der Waals surface area contributed by atoms with Gasteiger partial charge in [0.05, 0.1) is 17.5 Å². The first-order valence-electron chi connectivity index (χ1n) is 5.72. The van der Waals surface area contributed by atoms with E-state index in [1.165, 1.54) is 0 Å². The summed E-state index contributed by atoms with van der Waals surface area (Å²) in [5.74, 6) is 1.04. The van der Waals surface area contributed by atoms with Crippen molar-refractivity contribution in [3.63, 3.8) is 0 Å². The predicted molar refractivity (Wildman–Crippen MR) is 73.1 cm³/mol. The van der Waals surface area contributed by atoms with Gasteiger partial charge in [0.1, 0.15) is 11.3 Å². The van der Waals surface area contributed by atoms with Gasteiger partial charge >= 0.3 is 0 Å². The van der Waals surface area contributed by atoms with Gasteiger partial charge in [-0.1, -0.05) is 0 Å². The molecular weight excluding hydrogens is 260 g/mol. The third-order valence-corrected chi connectivity index (χ3v) is 3.10. The fourth-order valence-corrected chi connectivity index (χ4v) is 2.18. The summed E-state index contributed by atoms with van der Waals surface area (Å²) in [6, 6.07) is 13.1. The molecule has 0 N–H and O–H groups in total. The van der Waals surface area contributed by atoms with Crippen LogP contribution in [0.4, 0.5) is 0 Å². The summed E-state index contributed by atoms with van der Waals surface area (Å²) < 4.78 is 1.91. The molecule has 0 bridgehead atoms. The number of benzene rings is 1. The minimum absolute atomic E-state index is 0.302. The number of alkyl halides is 1. The van der Waals surface area contributed by atoms with Crippen LogP contribution in [0.2, 0.25) is 0 Å². The first-order valence-corrected chi connectivity index (χ1v) is 6.26. The summed E-state index contributed by atoms with van der Waals surface area (Å²) in [5.41, 5.74) is 3.09. The maximum absolute atomic E-state index is 8.83. The van der Waals surface area contributed by atoms with Gasteiger partial charge in [-0.05, 0) is 36.4 Å². The van der Waals surface area contributed by atoms with Crippen molar-refractivity contribution < 1.29 is 0 Å². The van der Waals surface area contributed by atoms with Crippen LogP contribution in [0.1, 0.15) is 11.4 Å². The van der Waals surface area contributed by atoms with Crippen LogP contribution in [0.15, 0.2) is 42.6 Å². The largest absolute Gasteiger partial charge is 0.280 e. The number of fused-ring (bicyclic) bond motifs is 1. The first-order chi connectivity index (χ1) is 9.33. The van der Waals surface area contributed by atoms with Crippen molar-refractivity contribution in [2.24, 2.45) is 0 Å². The maximum Gasteiger partial charge on any atom is 0.164 e. The molecule has 0 aliphatic heterocycles. The Labute approximate surface area is 114 Å². The average Bonchev–Trinajstić information content (AvgIpc) is 2.86. The number of hydrogen-bond acceptors (Lipinski definition) is 3. The van der Waals surface area contributed by atoms with Crippen LogP contribution in [-0.2, 0) is 5.88 Å². The van der Waals surface area contributed by atoms with Gasteiger partial charge < -0.3 is 0 Å². The number of hydrogen-bond donors (Lipinski definition) is 0. The molecule has 0 aliphatic carbocycles. The molecule has 0 fully saturated rings. The van der Waals surface area contributed by atoms with E-state index in [0.717, 1.165) is 22.7 Å². The molecular formula is C14H9ClN4. The quantitative estimate of drug-likeness (QED) is 0.671. The number of rotatable bonds is 2. The fourth-order valence-electron chi connectivity index (χ4n) is 2.01. The minimum atomic E-state index is 0.302. The molecule has 0 aliphatic rings. The first kappa shape index (κ1) is 11.7. The second kappa shape index (κ2) is 4.71. The molecule has 3 aromatic rings. The van der Waals surface area contributed by atoms with Gasteiger partial charge in [-0.25, -0.2) is 9.97 Å². The Morgan fingerprint density at radius 3 is 2.68 bits per heavy atom. The van der Waals surface area contributed by atoms with Crippen molar-refractivity contribution in [1.29, 1.82) is 5.26 Å². The highest BCUT2D eigenvalue weighted by Gasteiger charge is 2.12. The van der Waals surface area contributed by atoms with Crippen molar-refractivity contribution in [3.05, 3.63) is 54.0 Å². The normalized spacial score (nSPS) is 10.5. The zero-order valence-corrected chi connectivity index (χ0v) is 10.7. The second-order valence-corrected chi connectivity index (χ2v) is 4.27. The highest BCUT2D eigenvalue weighted by Crippen LogP contribution is 2.21. The molecule has 0 spiro atoms. The Kier molecular flexibility index (Phi) is 2.90. The average molecular weight is 269 g/mol. The standard InChI is InChI=1S/C14H9ClN4/c15-8-13-18-12-2-1-7-17-14(12)19(13)11-5-3-10(9-16)4-6-11/h1-7H,8H2. The lowest BCUT2D eigenvalue weighted by molar-refractivity contribution is 0.969. The van der Waals surface area contributed by atoms with Gasteiger partial charge in [0.2, 0.25) is 0 Å². The van der Waals surface area contributed by atoms with Crippen molar-refractivity contribution >= 4 is 22.8 Å². The van der Waals surface area contributed by atoms with Crippen LogP contribution in [0, 0.1) is 11.3 Å². The topological polar surface area (TPSA) is 54.5 Å². The molecule has 3 rings (SSSR count).